The standard InChI is InChI=1S/C12H15N3O/c1-3-4-12-14-10-6-5-9(13-8(2)16)7-11(10)15-12/h5-7H,3-4H2,1-2H3,(H,13,16)(H,14,15). The smallest absolute Gasteiger partial charge is 0.221 e. The van der Waals surface area contributed by atoms with Gasteiger partial charge in [-0.15, -0.1) is 0 Å². The molecule has 0 unspecified atom stereocenters. The number of nitrogens with one attached hydrogen (secondary N) is 2. The Morgan fingerprint density at radius 1 is 1.50 bits per heavy atom. The number of carbonyl (C=O) groups excluding carboxylic acids is 1. The van der Waals surface area contributed by atoms with Gasteiger partial charge in [-0.25, -0.2) is 4.98 Å². The lowest BCUT2D eigenvalue weighted by atomic mass is 10.3. The van der Waals surface area contributed by atoms with Crippen molar-refractivity contribution in [3.63, 3.8) is 0 Å². The van der Waals surface area contributed by atoms with E-state index in [-0.39, 0.29) is 5.91 Å². The van der Waals surface area contributed by atoms with Crippen molar-refractivity contribution in [1.82, 2.24) is 9.97 Å². The number of anilines is 1. The Labute approximate surface area is 94.1 Å². The lowest BCUT2D eigenvalue weighted by Gasteiger charge is -2.00. The van der Waals surface area contributed by atoms with Crippen molar-refractivity contribution in [2.45, 2.75) is 26.7 Å². The van der Waals surface area contributed by atoms with Gasteiger partial charge in [0.2, 0.25) is 5.91 Å². The van der Waals surface area contributed by atoms with Crippen molar-refractivity contribution in [2.24, 2.45) is 0 Å². The normalized spacial score (nSPS) is 10.6. The molecule has 84 valence electrons. The number of carbonyl (C=O) groups is 1. The van der Waals surface area contributed by atoms with Gasteiger partial charge in [-0.2, -0.15) is 0 Å². The van der Waals surface area contributed by atoms with Crippen LogP contribution < -0.4 is 5.32 Å². The van der Waals surface area contributed by atoms with Crippen LogP contribution in [-0.4, -0.2) is 15.9 Å². The van der Waals surface area contributed by atoms with Crippen LogP contribution in [0.2, 0.25) is 0 Å². The van der Waals surface area contributed by atoms with E-state index in [1.807, 2.05) is 18.2 Å². The molecule has 4 heteroatoms. The Bertz CT molecular complexity index is 516. The number of amides is 1. The number of H-pyrrole nitrogens is 1. The zero-order valence-electron chi connectivity index (χ0n) is 9.50. The Morgan fingerprint density at radius 3 is 3.00 bits per heavy atom. The third-order valence-electron chi connectivity index (χ3n) is 2.34. The summed E-state index contributed by atoms with van der Waals surface area (Å²) in [5.74, 6) is 0.935. The van der Waals surface area contributed by atoms with Gasteiger partial charge >= 0.3 is 0 Å². The highest BCUT2D eigenvalue weighted by Gasteiger charge is 2.03. The molecule has 1 heterocycles. The number of aryl methyl sites for hydroxylation is 1. The second-order valence-corrected chi connectivity index (χ2v) is 3.85. The summed E-state index contributed by atoms with van der Waals surface area (Å²) in [5.41, 5.74) is 2.71. The quantitative estimate of drug-likeness (QED) is 0.829. The summed E-state index contributed by atoms with van der Waals surface area (Å²) in [6, 6.07) is 5.68. The van der Waals surface area contributed by atoms with E-state index in [4.69, 9.17) is 0 Å². The van der Waals surface area contributed by atoms with Crippen molar-refractivity contribution >= 4 is 22.6 Å². The molecule has 16 heavy (non-hydrogen) atoms. The number of hydrogen-bond acceptors (Lipinski definition) is 2. The Morgan fingerprint density at radius 2 is 2.31 bits per heavy atom. The van der Waals surface area contributed by atoms with Crippen molar-refractivity contribution < 1.29 is 4.79 Å². The lowest BCUT2D eigenvalue weighted by molar-refractivity contribution is -0.114. The molecule has 0 saturated heterocycles. The number of benzene rings is 1. The van der Waals surface area contributed by atoms with Gasteiger partial charge in [0.05, 0.1) is 11.0 Å². The molecule has 0 aliphatic rings. The van der Waals surface area contributed by atoms with Crippen LogP contribution in [0.25, 0.3) is 11.0 Å². The molecule has 2 rings (SSSR count). The summed E-state index contributed by atoms with van der Waals surface area (Å²) in [6.45, 7) is 3.62. The highest BCUT2D eigenvalue weighted by atomic mass is 16.1. The van der Waals surface area contributed by atoms with E-state index in [0.717, 1.165) is 35.4 Å². The minimum absolute atomic E-state index is 0.0624. The molecule has 1 aromatic carbocycles. The Hall–Kier alpha value is -1.84. The first-order chi connectivity index (χ1) is 7.69. The highest BCUT2D eigenvalue weighted by Crippen LogP contribution is 2.17. The van der Waals surface area contributed by atoms with Crippen LogP contribution in [0.15, 0.2) is 18.2 Å². The van der Waals surface area contributed by atoms with Crippen LogP contribution in [0.1, 0.15) is 26.1 Å². The number of nitrogens with zero attached hydrogens (tertiary/aromatic N) is 1. The first kappa shape index (κ1) is 10.7. The molecule has 1 aromatic heterocycles. The summed E-state index contributed by atoms with van der Waals surface area (Å²) in [6.07, 6.45) is 2.02. The average molecular weight is 217 g/mol. The highest BCUT2D eigenvalue weighted by molar-refractivity contribution is 5.91. The summed E-state index contributed by atoms with van der Waals surface area (Å²) in [5, 5.41) is 2.75. The van der Waals surface area contributed by atoms with Crippen LogP contribution in [-0.2, 0) is 11.2 Å². The maximum absolute atomic E-state index is 10.9. The van der Waals surface area contributed by atoms with E-state index in [1.54, 1.807) is 0 Å². The van der Waals surface area contributed by atoms with Gasteiger partial charge in [0.25, 0.3) is 0 Å². The van der Waals surface area contributed by atoms with E-state index in [2.05, 4.69) is 22.2 Å². The van der Waals surface area contributed by atoms with Gasteiger partial charge in [0.1, 0.15) is 5.82 Å². The van der Waals surface area contributed by atoms with E-state index in [9.17, 15) is 4.79 Å². The molecule has 4 nitrogen and oxygen atoms in total. The molecular formula is C12H15N3O. The van der Waals surface area contributed by atoms with Crippen LogP contribution in [0.5, 0.6) is 0 Å². The van der Waals surface area contributed by atoms with Gasteiger partial charge in [0.15, 0.2) is 0 Å². The third-order valence-corrected chi connectivity index (χ3v) is 2.34. The van der Waals surface area contributed by atoms with Crippen LogP contribution in [0, 0.1) is 0 Å². The lowest BCUT2D eigenvalue weighted by Crippen LogP contribution is -2.05. The topological polar surface area (TPSA) is 57.8 Å². The molecule has 0 aliphatic heterocycles. The van der Waals surface area contributed by atoms with Crippen molar-refractivity contribution in [3.05, 3.63) is 24.0 Å². The van der Waals surface area contributed by atoms with Crippen molar-refractivity contribution in [3.8, 4) is 0 Å². The van der Waals surface area contributed by atoms with Gasteiger partial charge in [-0.1, -0.05) is 6.92 Å². The molecule has 2 aromatic rings. The predicted molar refractivity (Wildman–Crippen MR) is 64.4 cm³/mol. The molecule has 0 atom stereocenters. The van der Waals surface area contributed by atoms with E-state index < -0.39 is 0 Å². The minimum Gasteiger partial charge on any atom is -0.342 e. The molecule has 0 radical (unpaired) electrons. The fourth-order valence-electron chi connectivity index (χ4n) is 1.70. The zero-order chi connectivity index (χ0) is 11.5. The zero-order valence-corrected chi connectivity index (χ0v) is 9.50. The maximum atomic E-state index is 10.9. The van der Waals surface area contributed by atoms with Crippen molar-refractivity contribution in [1.29, 1.82) is 0 Å². The largest absolute Gasteiger partial charge is 0.342 e. The SMILES string of the molecule is CCCc1nc2ccc(NC(C)=O)cc2[nH]1. The maximum Gasteiger partial charge on any atom is 0.221 e. The fraction of sp³-hybridized carbons (Fsp3) is 0.333. The summed E-state index contributed by atoms with van der Waals surface area (Å²) < 4.78 is 0. The Kier molecular flexibility index (Phi) is 2.90. The molecule has 0 saturated carbocycles. The first-order valence-corrected chi connectivity index (χ1v) is 5.45. The number of rotatable bonds is 3. The number of imidazole rings is 1. The van der Waals surface area contributed by atoms with Gasteiger partial charge in [-0.3, -0.25) is 4.79 Å². The average Bonchev–Trinajstić information content (AvgIpc) is 2.59. The first-order valence-electron chi connectivity index (χ1n) is 5.45. The van der Waals surface area contributed by atoms with Crippen LogP contribution in [0.3, 0.4) is 0 Å². The van der Waals surface area contributed by atoms with Gasteiger partial charge in [-0.05, 0) is 24.6 Å². The van der Waals surface area contributed by atoms with E-state index in [1.165, 1.54) is 6.92 Å². The molecule has 0 spiro atoms. The number of aromatic nitrogens is 2. The third kappa shape index (κ3) is 2.21. The molecule has 1 amide bonds. The number of hydrogen-bond donors (Lipinski definition) is 2. The van der Waals surface area contributed by atoms with Crippen LogP contribution >= 0.6 is 0 Å². The fourth-order valence-corrected chi connectivity index (χ4v) is 1.70. The second-order valence-electron chi connectivity index (χ2n) is 3.85. The molecule has 0 bridgehead atoms. The summed E-state index contributed by atoms with van der Waals surface area (Å²) in [7, 11) is 0. The van der Waals surface area contributed by atoms with Gasteiger partial charge in [0, 0.05) is 19.0 Å². The minimum atomic E-state index is -0.0624. The molecule has 0 aliphatic carbocycles. The summed E-state index contributed by atoms with van der Waals surface area (Å²) in [4.78, 5) is 18.6. The van der Waals surface area contributed by atoms with Gasteiger partial charge < -0.3 is 10.3 Å². The van der Waals surface area contributed by atoms with Crippen LogP contribution in [0.4, 0.5) is 5.69 Å². The molecule has 0 fully saturated rings. The monoisotopic (exact) mass is 217 g/mol. The second kappa shape index (κ2) is 4.35. The van der Waals surface area contributed by atoms with E-state index >= 15 is 0 Å². The Balaban J connectivity index is 2.33. The molecular weight excluding hydrogens is 202 g/mol. The predicted octanol–water partition coefficient (Wildman–Crippen LogP) is 2.47. The summed E-state index contributed by atoms with van der Waals surface area (Å²) >= 11 is 0. The van der Waals surface area contributed by atoms with Crippen molar-refractivity contribution in [2.75, 3.05) is 5.32 Å². The number of aromatic amines is 1. The molecule has 2 N–H and O–H groups in total. The number of fused-ring (bicyclic) bond motifs is 1. The van der Waals surface area contributed by atoms with E-state index in [0.29, 0.717) is 0 Å².